The second kappa shape index (κ2) is 5.65. The minimum absolute atomic E-state index is 0.195. The molecule has 0 spiro atoms. The molecule has 0 heterocycles. The molecule has 96 valence electrons. The summed E-state index contributed by atoms with van der Waals surface area (Å²) in [5, 5.41) is 9.86. The van der Waals surface area contributed by atoms with E-state index in [1.807, 2.05) is 19.0 Å². The predicted molar refractivity (Wildman–Crippen MR) is 73.4 cm³/mol. The van der Waals surface area contributed by atoms with E-state index in [9.17, 15) is 5.11 Å². The minimum atomic E-state index is -0.287. The van der Waals surface area contributed by atoms with Crippen molar-refractivity contribution in [2.24, 2.45) is 0 Å². The van der Waals surface area contributed by atoms with Gasteiger partial charge in [0.2, 0.25) is 0 Å². The summed E-state index contributed by atoms with van der Waals surface area (Å²) in [6, 6.07) is 8.58. The van der Waals surface area contributed by atoms with Crippen LogP contribution in [0.1, 0.15) is 31.9 Å². The number of hydrogen-bond acceptors (Lipinski definition) is 2. The summed E-state index contributed by atoms with van der Waals surface area (Å²) in [4.78, 5) is 2.01. The number of rotatable bonds is 4. The van der Waals surface area contributed by atoms with Gasteiger partial charge in [-0.1, -0.05) is 45.0 Å². The lowest BCUT2D eigenvalue weighted by atomic mass is 9.86. The Kier molecular flexibility index (Phi) is 4.72. The van der Waals surface area contributed by atoms with Gasteiger partial charge in [0.1, 0.15) is 0 Å². The molecular formula is C15H25NO. The number of nitrogens with zero attached hydrogens (tertiary/aromatic N) is 1. The molecule has 0 aromatic heterocycles. The van der Waals surface area contributed by atoms with Gasteiger partial charge in [-0.3, -0.25) is 0 Å². The molecule has 1 N–H and O–H groups in total. The number of benzene rings is 1. The lowest BCUT2D eigenvalue weighted by Gasteiger charge is -2.20. The van der Waals surface area contributed by atoms with Crippen LogP contribution in [0.4, 0.5) is 0 Å². The molecule has 2 heteroatoms. The maximum Gasteiger partial charge on any atom is 0.0707 e. The molecule has 1 unspecified atom stereocenters. The van der Waals surface area contributed by atoms with E-state index in [0.29, 0.717) is 6.54 Å². The van der Waals surface area contributed by atoms with Gasteiger partial charge < -0.3 is 10.0 Å². The molecule has 1 rings (SSSR count). The first-order chi connectivity index (χ1) is 7.79. The van der Waals surface area contributed by atoms with Crippen LogP contribution in [0.2, 0.25) is 0 Å². The molecular weight excluding hydrogens is 210 g/mol. The largest absolute Gasteiger partial charge is 0.391 e. The molecule has 1 atom stereocenters. The van der Waals surface area contributed by atoms with Crippen LogP contribution in [0.15, 0.2) is 24.3 Å². The van der Waals surface area contributed by atoms with Gasteiger partial charge in [0.15, 0.2) is 0 Å². The molecule has 0 saturated carbocycles. The average molecular weight is 235 g/mol. The Hall–Kier alpha value is -0.860. The summed E-state index contributed by atoms with van der Waals surface area (Å²) in [6.07, 6.45) is 0.438. The number of aliphatic hydroxyl groups excluding tert-OH is 1. The number of aliphatic hydroxyl groups is 1. The summed E-state index contributed by atoms with van der Waals surface area (Å²) in [5.74, 6) is 0. The molecule has 0 aliphatic rings. The maximum absolute atomic E-state index is 9.86. The highest BCUT2D eigenvalue weighted by atomic mass is 16.3. The van der Waals surface area contributed by atoms with E-state index in [2.05, 4.69) is 45.0 Å². The molecule has 0 amide bonds. The highest BCUT2D eigenvalue weighted by Gasteiger charge is 2.13. The molecule has 17 heavy (non-hydrogen) atoms. The standard InChI is InChI=1S/C15H25NO/c1-15(2,3)13-8-6-12(7-9-13)10-14(17)11-16(4)5/h6-9,14,17H,10-11H2,1-5H3. The van der Waals surface area contributed by atoms with Crippen molar-refractivity contribution in [3.8, 4) is 0 Å². The molecule has 0 saturated heterocycles. The predicted octanol–water partition coefficient (Wildman–Crippen LogP) is 2.45. The molecule has 1 aromatic carbocycles. The lowest BCUT2D eigenvalue weighted by Crippen LogP contribution is -2.27. The highest BCUT2D eigenvalue weighted by Crippen LogP contribution is 2.22. The molecule has 0 aliphatic heterocycles. The fourth-order valence-corrected chi connectivity index (χ4v) is 1.90. The zero-order valence-electron chi connectivity index (χ0n) is 11.7. The zero-order chi connectivity index (χ0) is 13.1. The summed E-state index contributed by atoms with van der Waals surface area (Å²) >= 11 is 0. The van der Waals surface area contributed by atoms with Gasteiger partial charge in [-0.2, -0.15) is 0 Å². The number of likely N-dealkylation sites (N-methyl/N-ethyl adjacent to an activating group) is 1. The van der Waals surface area contributed by atoms with Gasteiger partial charge in [-0.05, 0) is 37.1 Å². The van der Waals surface area contributed by atoms with Crippen LogP contribution in [0.25, 0.3) is 0 Å². The summed E-state index contributed by atoms with van der Waals surface area (Å²) in [6.45, 7) is 7.34. The Labute approximate surface area is 105 Å². The highest BCUT2D eigenvalue weighted by molar-refractivity contribution is 5.27. The Bertz CT molecular complexity index is 335. The fraction of sp³-hybridized carbons (Fsp3) is 0.600. The van der Waals surface area contributed by atoms with Gasteiger partial charge >= 0.3 is 0 Å². The monoisotopic (exact) mass is 235 g/mol. The van der Waals surface area contributed by atoms with Gasteiger partial charge in [0.25, 0.3) is 0 Å². The van der Waals surface area contributed by atoms with Crippen molar-refractivity contribution in [1.29, 1.82) is 0 Å². The third kappa shape index (κ3) is 4.88. The molecule has 0 bridgehead atoms. The van der Waals surface area contributed by atoms with Gasteiger partial charge in [0.05, 0.1) is 6.10 Å². The van der Waals surface area contributed by atoms with Crippen LogP contribution in [0.3, 0.4) is 0 Å². The van der Waals surface area contributed by atoms with Crippen LogP contribution < -0.4 is 0 Å². The summed E-state index contributed by atoms with van der Waals surface area (Å²) in [7, 11) is 3.96. The van der Waals surface area contributed by atoms with Crippen molar-refractivity contribution in [2.75, 3.05) is 20.6 Å². The van der Waals surface area contributed by atoms with Crippen molar-refractivity contribution in [2.45, 2.75) is 38.7 Å². The summed E-state index contributed by atoms with van der Waals surface area (Å²) in [5.41, 5.74) is 2.73. The fourth-order valence-electron chi connectivity index (χ4n) is 1.90. The Morgan fingerprint density at radius 1 is 1.12 bits per heavy atom. The Morgan fingerprint density at radius 3 is 2.06 bits per heavy atom. The van der Waals surface area contributed by atoms with E-state index in [1.165, 1.54) is 11.1 Å². The van der Waals surface area contributed by atoms with Crippen LogP contribution in [0, 0.1) is 0 Å². The zero-order valence-corrected chi connectivity index (χ0v) is 11.7. The Morgan fingerprint density at radius 2 is 1.65 bits per heavy atom. The van der Waals surface area contributed by atoms with Crippen LogP contribution >= 0.6 is 0 Å². The topological polar surface area (TPSA) is 23.5 Å². The minimum Gasteiger partial charge on any atom is -0.391 e. The smallest absolute Gasteiger partial charge is 0.0707 e. The normalized spacial score (nSPS) is 14.1. The second-order valence-corrected chi connectivity index (χ2v) is 6.07. The average Bonchev–Trinajstić information content (AvgIpc) is 2.15. The Balaban J connectivity index is 2.63. The number of hydrogen-bond donors (Lipinski definition) is 1. The van der Waals surface area contributed by atoms with E-state index in [4.69, 9.17) is 0 Å². The van der Waals surface area contributed by atoms with Crippen LogP contribution in [0.5, 0.6) is 0 Å². The van der Waals surface area contributed by atoms with Gasteiger partial charge in [0, 0.05) is 6.54 Å². The van der Waals surface area contributed by atoms with Gasteiger partial charge in [-0.25, -0.2) is 0 Å². The van der Waals surface area contributed by atoms with E-state index in [0.717, 1.165) is 6.42 Å². The quantitative estimate of drug-likeness (QED) is 0.866. The van der Waals surface area contributed by atoms with Crippen LogP contribution in [-0.2, 0) is 11.8 Å². The van der Waals surface area contributed by atoms with E-state index in [-0.39, 0.29) is 11.5 Å². The van der Waals surface area contributed by atoms with Crippen molar-refractivity contribution in [3.63, 3.8) is 0 Å². The van der Waals surface area contributed by atoms with E-state index >= 15 is 0 Å². The first-order valence-corrected chi connectivity index (χ1v) is 6.21. The van der Waals surface area contributed by atoms with Crippen molar-refractivity contribution < 1.29 is 5.11 Å². The third-order valence-electron chi connectivity index (χ3n) is 2.87. The van der Waals surface area contributed by atoms with Gasteiger partial charge in [-0.15, -0.1) is 0 Å². The van der Waals surface area contributed by atoms with E-state index in [1.54, 1.807) is 0 Å². The molecule has 2 nitrogen and oxygen atoms in total. The van der Waals surface area contributed by atoms with E-state index < -0.39 is 0 Å². The lowest BCUT2D eigenvalue weighted by molar-refractivity contribution is 0.137. The first-order valence-electron chi connectivity index (χ1n) is 6.21. The van der Waals surface area contributed by atoms with Crippen molar-refractivity contribution in [3.05, 3.63) is 35.4 Å². The van der Waals surface area contributed by atoms with Crippen molar-refractivity contribution in [1.82, 2.24) is 4.90 Å². The summed E-state index contributed by atoms with van der Waals surface area (Å²) < 4.78 is 0. The second-order valence-electron chi connectivity index (χ2n) is 6.07. The molecule has 0 aliphatic carbocycles. The molecule has 1 aromatic rings. The third-order valence-corrected chi connectivity index (χ3v) is 2.87. The van der Waals surface area contributed by atoms with Crippen LogP contribution in [-0.4, -0.2) is 36.8 Å². The first kappa shape index (κ1) is 14.2. The molecule has 0 radical (unpaired) electrons. The van der Waals surface area contributed by atoms with Crippen molar-refractivity contribution >= 4 is 0 Å². The molecule has 0 fully saturated rings. The maximum atomic E-state index is 9.86. The SMILES string of the molecule is CN(C)CC(O)Cc1ccc(C(C)(C)C)cc1.